The Morgan fingerprint density at radius 2 is 1.88 bits per heavy atom. The second-order valence-corrected chi connectivity index (χ2v) is 5.69. The summed E-state index contributed by atoms with van der Waals surface area (Å²) in [6.45, 7) is 0.0428. The van der Waals surface area contributed by atoms with Gasteiger partial charge in [0.05, 0.1) is 15.6 Å². The van der Waals surface area contributed by atoms with Gasteiger partial charge in [-0.1, -0.05) is 15.9 Å². The number of amides is 1. The van der Waals surface area contributed by atoms with Crippen LogP contribution in [0.15, 0.2) is 25.6 Å². The molecule has 0 heterocycles. The maximum Gasteiger partial charge on any atom is 0.258 e. The van der Waals surface area contributed by atoms with Gasteiger partial charge in [-0.2, -0.15) is 0 Å². The van der Waals surface area contributed by atoms with Gasteiger partial charge in [0.2, 0.25) is 0 Å². The third-order valence-electron chi connectivity index (χ3n) is 1.74. The fourth-order valence-electron chi connectivity index (χ4n) is 1.05. The van der Waals surface area contributed by atoms with E-state index in [9.17, 15) is 4.79 Å². The second kappa shape index (κ2) is 7.35. The van der Waals surface area contributed by atoms with Gasteiger partial charge in [0.15, 0.2) is 6.61 Å². The Balaban J connectivity index is 2.60. The van der Waals surface area contributed by atoms with E-state index in [1.807, 2.05) is 12.1 Å². The highest BCUT2D eigenvalue weighted by molar-refractivity contribution is 9.11. The van der Waals surface area contributed by atoms with E-state index in [1.54, 1.807) is 0 Å². The monoisotopic (exact) mass is 429 g/mol. The highest BCUT2D eigenvalue weighted by Gasteiger charge is 2.10. The lowest BCUT2D eigenvalue weighted by atomic mass is 10.3. The minimum absolute atomic E-state index is 0.0859. The lowest BCUT2D eigenvalue weighted by molar-refractivity contribution is -0.123. The molecule has 0 fully saturated rings. The van der Waals surface area contributed by atoms with Crippen LogP contribution in [-0.2, 0) is 4.79 Å². The number of carbonyl (C=O) groups is 1. The standard InChI is InChI=1S/C10H10Br3NO3/c11-6-3-7(12)10(8(13)4-6)17-5-9(16)14-1-2-15/h3-4,15H,1-2,5H2,(H,14,16). The van der Waals surface area contributed by atoms with E-state index in [0.29, 0.717) is 5.75 Å². The second-order valence-electron chi connectivity index (χ2n) is 3.06. The summed E-state index contributed by atoms with van der Waals surface area (Å²) in [6.07, 6.45) is 0. The van der Waals surface area contributed by atoms with Crippen molar-refractivity contribution in [3.63, 3.8) is 0 Å². The van der Waals surface area contributed by atoms with Gasteiger partial charge in [0.1, 0.15) is 5.75 Å². The largest absolute Gasteiger partial charge is 0.481 e. The fourth-order valence-corrected chi connectivity index (χ4v) is 3.54. The molecule has 94 valence electrons. The molecule has 7 heteroatoms. The number of aliphatic hydroxyl groups is 1. The average Bonchev–Trinajstić information content (AvgIpc) is 2.24. The zero-order valence-electron chi connectivity index (χ0n) is 8.67. The SMILES string of the molecule is O=C(COc1c(Br)cc(Br)cc1Br)NCCO. The highest BCUT2D eigenvalue weighted by atomic mass is 79.9. The first-order valence-corrected chi connectivity index (χ1v) is 7.07. The van der Waals surface area contributed by atoms with Gasteiger partial charge in [-0.25, -0.2) is 0 Å². The van der Waals surface area contributed by atoms with E-state index in [4.69, 9.17) is 9.84 Å². The van der Waals surface area contributed by atoms with Crippen molar-refractivity contribution in [2.45, 2.75) is 0 Å². The molecule has 0 aromatic heterocycles. The molecular weight excluding hydrogens is 422 g/mol. The molecule has 1 aromatic rings. The maximum absolute atomic E-state index is 11.3. The zero-order chi connectivity index (χ0) is 12.8. The molecular formula is C10H10Br3NO3. The van der Waals surface area contributed by atoms with Gasteiger partial charge in [-0.05, 0) is 44.0 Å². The first-order chi connectivity index (χ1) is 8.04. The first kappa shape index (κ1) is 14.9. The van der Waals surface area contributed by atoms with Gasteiger partial charge in [-0.15, -0.1) is 0 Å². The van der Waals surface area contributed by atoms with Crippen LogP contribution in [-0.4, -0.2) is 30.8 Å². The first-order valence-electron chi connectivity index (χ1n) is 4.69. The molecule has 0 saturated carbocycles. The minimum atomic E-state index is -0.277. The van der Waals surface area contributed by atoms with Crippen molar-refractivity contribution >= 4 is 53.7 Å². The van der Waals surface area contributed by atoms with Crippen LogP contribution in [0.25, 0.3) is 0 Å². The van der Waals surface area contributed by atoms with Crippen LogP contribution in [0.1, 0.15) is 0 Å². The smallest absolute Gasteiger partial charge is 0.258 e. The van der Waals surface area contributed by atoms with E-state index < -0.39 is 0 Å². The average molecular weight is 432 g/mol. The van der Waals surface area contributed by atoms with Crippen LogP contribution < -0.4 is 10.1 Å². The van der Waals surface area contributed by atoms with Gasteiger partial charge >= 0.3 is 0 Å². The van der Waals surface area contributed by atoms with Gasteiger partial charge in [-0.3, -0.25) is 4.79 Å². The van der Waals surface area contributed by atoms with Crippen LogP contribution in [0.4, 0.5) is 0 Å². The number of halogens is 3. The summed E-state index contributed by atoms with van der Waals surface area (Å²) in [4.78, 5) is 11.3. The molecule has 0 spiro atoms. The Kier molecular flexibility index (Phi) is 6.47. The molecule has 2 N–H and O–H groups in total. The molecule has 4 nitrogen and oxygen atoms in total. The molecule has 0 bridgehead atoms. The molecule has 0 atom stereocenters. The quantitative estimate of drug-likeness (QED) is 0.753. The topological polar surface area (TPSA) is 58.6 Å². The van der Waals surface area contributed by atoms with Crippen LogP contribution in [0.5, 0.6) is 5.75 Å². The number of hydrogen-bond acceptors (Lipinski definition) is 3. The Labute approximate surface area is 124 Å². The number of benzene rings is 1. The predicted molar refractivity (Wildman–Crippen MR) is 75.1 cm³/mol. The Hall–Kier alpha value is -0.110. The van der Waals surface area contributed by atoms with Crippen LogP contribution in [0, 0.1) is 0 Å². The molecule has 0 unspecified atom stereocenters. The van der Waals surface area contributed by atoms with Gasteiger partial charge in [0, 0.05) is 11.0 Å². The number of ether oxygens (including phenoxy) is 1. The van der Waals surface area contributed by atoms with Crippen molar-refractivity contribution in [2.75, 3.05) is 19.8 Å². The highest BCUT2D eigenvalue weighted by Crippen LogP contribution is 2.36. The van der Waals surface area contributed by atoms with Crippen molar-refractivity contribution in [1.29, 1.82) is 0 Å². The van der Waals surface area contributed by atoms with E-state index in [-0.39, 0.29) is 25.7 Å². The summed E-state index contributed by atoms with van der Waals surface area (Å²) in [5, 5.41) is 11.0. The number of nitrogens with one attached hydrogen (secondary N) is 1. The number of hydrogen-bond donors (Lipinski definition) is 2. The summed E-state index contributed by atoms with van der Waals surface area (Å²) in [5.41, 5.74) is 0. The van der Waals surface area contributed by atoms with E-state index >= 15 is 0 Å². The molecule has 0 saturated heterocycles. The lowest BCUT2D eigenvalue weighted by Crippen LogP contribution is -2.31. The molecule has 0 aliphatic rings. The molecule has 0 aliphatic carbocycles. The normalized spacial score (nSPS) is 10.1. The third-order valence-corrected chi connectivity index (χ3v) is 3.38. The van der Waals surface area contributed by atoms with Crippen molar-refractivity contribution in [3.8, 4) is 5.75 Å². The molecule has 1 amide bonds. The van der Waals surface area contributed by atoms with Crippen molar-refractivity contribution < 1.29 is 14.6 Å². The van der Waals surface area contributed by atoms with E-state index in [2.05, 4.69) is 53.1 Å². The maximum atomic E-state index is 11.3. The van der Waals surface area contributed by atoms with Crippen molar-refractivity contribution in [3.05, 3.63) is 25.6 Å². The number of rotatable bonds is 5. The third kappa shape index (κ3) is 4.95. The van der Waals surface area contributed by atoms with E-state index in [0.717, 1.165) is 13.4 Å². The van der Waals surface area contributed by atoms with Gasteiger partial charge in [0.25, 0.3) is 5.91 Å². The molecule has 1 rings (SSSR count). The summed E-state index contributed by atoms with van der Waals surface area (Å²) < 4.78 is 7.76. The van der Waals surface area contributed by atoms with Gasteiger partial charge < -0.3 is 15.2 Å². The zero-order valence-corrected chi connectivity index (χ0v) is 13.4. The Morgan fingerprint density at radius 3 is 2.41 bits per heavy atom. The molecule has 1 aromatic carbocycles. The van der Waals surface area contributed by atoms with E-state index in [1.165, 1.54) is 0 Å². The Morgan fingerprint density at radius 1 is 1.29 bits per heavy atom. The van der Waals surface area contributed by atoms with Crippen LogP contribution in [0.3, 0.4) is 0 Å². The number of aliphatic hydroxyl groups excluding tert-OH is 1. The fraction of sp³-hybridized carbons (Fsp3) is 0.300. The molecule has 0 aliphatic heterocycles. The van der Waals surface area contributed by atoms with Crippen LogP contribution in [0.2, 0.25) is 0 Å². The lowest BCUT2D eigenvalue weighted by Gasteiger charge is -2.10. The summed E-state index contributed by atoms with van der Waals surface area (Å²) in [7, 11) is 0. The molecule has 0 radical (unpaired) electrons. The number of carbonyl (C=O) groups excluding carboxylic acids is 1. The minimum Gasteiger partial charge on any atom is -0.481 e. The van der Waals surface area contributed by atoms with Crippen LogP contribution >= 0.6 is 47.8 Å². The van der Waals surface area contributed by atoms with Crippen molar-refractivity contribution in [2.24, 2.45) is 0 Å². The van der Waals surface area contributed by atoms with Crippen molar-refractivity contribution in [1.82, 2.24) is 5.32 Å². The molecule has 17 heavy (non-hydrogen) atoms. The summed E-state index contributed by atoms with van der Waals surface area (Å²) in [5.74, 6) is 0.285. The predicted octanol–water partition coefficient (Wildman–Crippen LogP) is 2.46. The Bertz CT molecular complexity index is 389. The summed E-state index contributed by atoms with van der Waals surface area (Å²) >= 11 is 10.0. The summed E-state index contributed by atoms with van der Waals surface area (Å²) in [6, 6.07) is 3.65.